The largest absolute Gasteiger partial charge is 0.337 e. The van der Waals surface area contributed by atoms with Crippen LogP contribution in [-0.2, 0) is 4.79 Å². The van der Waals surface area contributed by atoms with E-state index in [1.54, 1.807) is 4.90 Å². The zero-order valence-corrected chi connectivity index (χ0v) is 14.7. The summed E-state index contributed by atoms with van der Waals surface area (Å²) < 4.78 is 0. The van der Waals surface area contributed by atoms with Crippen LogP contribution >= 0.6 is 0 Å². The molecule has 2 aliphatic heterocycles. The first-order chi connectivity index (χ1) is 12.7. The Bertz CT molecular complexity index is 792. The minimum Gasteiger partial charge on any atom is -0.337 e. The standard InChI is InChI=1S/C20H22N4O2/c25-18(16-12-21-15-22-13-16)23-10-4-8-20(14-23)9-5-11-24(19(20)26)17-6-2-1-3-7-17/h1-3,6-7,12-13,15H,4-5,8-11,14H2. The molecule has 1 aromatic carbocycles. The molecule has 0 bridgehead atoms. The average Bonchev–Trinajstić information content (AvgIpc) is 2.71. The lowest BCUT2D eigenvalue weighted by Gasteiger charge is -2.47. The molecule has 1 spiro atoms. The van der Waals surface area contributed by atoms with Gasteiger partial charge in [-0.25, -0.2) is 9.97 Å². The fourth-order valence-corrected chi connectivity index (χ4v) is 4.20. The van der Waals surface area contributed by atoms with E-state index in [1.165, 1.54) is 18.7 Å². The first-order valence-corrected chi connectivity index (χ1v) is 9.11. The highest BCUT2D eigenvalue weighted by Gasteiger charge is 2.47. The summed E-state index contributed by atoms with van der Waals surface area (Å²) in [5.74, 6) is 0.0612. The molecule has 1 aromatic heterocycles. The summed E-state index contributed by atoms with van der Waals surface area (Å²) in [4.78, 5) is 37.7. The second kappa shape index (κ2) is 6.86. The number of amides is 2. The van der Waals surface area contributed by atoms with Crippen molar-refractivity contribution in [1.82, 2.24) is 14.9 Å². The zero-order chi connectivity index (χ0) is 18.0. The first kappa shape index (κ1) is 16.7. The van der Waals surface area contributed by atoms with Crippen LogP contribution in [0, 0.1) is 5.41 Å². The van der Waals surface area contributed by atoms with Gasteiger partial charge >= 0.3 is 0 Å². The van der Waals surface area contributed by atoms with Crippen molar-refractivity contribution >= 4 is 17.5 Å². The Morgan fingerprint density at radius 3 is 2.42 bits per heavy atom. The van der Waals surface area contributed by atoms with Crippen LogP contribution in [0.5, 0.6) is 0 Å². The number of carbonyl (C=O) groups excluding carboxylic acids is 2. The molecule has 134 valence electrons. The number of piperidine rings is 2. The van der Waals surface area contributed by atoms with Crippen LogP contribution in [0.15, 0.2) is 49.1 Å². The lowest BCUT2D eigenvalue weighted by molar-refractivity contribution is -0.133. The Labute approximate surface area is 152 Å². The third kappa shape index (κ3) is 2.96. The molecule has 2 aromatic rings. The van der Waals surface area contributed by atoms with Crippen LogP contribution < -0.4 is 4.90 Å². The van der Waals surface area contributed by atoms with Gasteiger partial charge in [0.25, 0.3) is 5.91 Å². The highest BCUT2D eigenvalue weighted by molar-refractivity contribution is 6.00. The Morgan fingerprint density at radius 2 is 1.69 bits per heavy atom. The number of hydrogen-bond acceptors (Lipinski definition) is 4. The zero-order valence-electron chi connectivity index (χ0n) is 14.7. The van der Waals surface area contributed by atoms with E-state index in [0.717, 1.165) is 37.9 Å². The van der Waals surface area contributed by atoms with Crippen LogP contribution in [-0.4, -0.2) is 46.3 Å². The number of benzene rings is 1. The minimum atomic E-state index is -0.475. The summed E-state index contributed by atoms with van der Waals surface area (Å²) in [5.41, 5.74) is 0.946. The molecule has 0 aliphatic carbocycles. The third-order valence-corrected chi connectivity index (χ3v) is 5.48. The summed E-state index contributed by atoms with van der Waals surface area (Å²) in [7, 11) is 0. The van der Waals surface area contributed by atoms with Gasteiger partial charge in [0.05, 0.1) is 11.0 Å². The molecular weight excluding hydrogens is 328 g/mol. The SMILES string of the molecule is O=C(c1cncnc1)N1CCCC2(CCCN(c3ccccc3)C2=O)C1. The normalized spacial score (nSPS) is 23.3. The number of rotatable bonds is 2. The maximum Gasteiger partial charge on any atom is 0.257 e. The molecule has 2 aliphatic rings. The highest BCUT2D eigenvalue weighted by Crippen LogP contribution is 2.41. The third-order valence-electron chi connectivity index (χ3n) is 5.48. The molecule has 4 rings (SSSR count). The van der Waals surface area contributed by atoms with Crippen molar-refractivity contribution in [2.75, 3.05) is 24.5 Å². The molecule has 0 N–H and O–H groups in total. The van der Waals surface area contributed by atoms with E-state index < -0.39 is 5.41 Å². The molecule has 2 saturated heterocycles. The molecule has 6 heteroatoms. The minimum absolute atomic E-state index is 0.0886. The summed E-state index contributed by atoms with van der Waals surface area (Å²) in [5, 5.41) is 0. The molecule has 3 heterocycles. The summed E-state index contributed by atoms with van der Waals surface area (Å²) >= 11 is 0. The fourth-order valence-electron chi connectivity index (χ4n) is 4.20. The summed E-state index contributed by atoms with van der Waals surface area (Å²) in [6, 6.07) is 9.82. The van der Waals surface area contributed by atoms with E-state index in [1.807, 2.05) is 35.2 Å². The summed E-state index contributed by atoms with van der Waals surface area (Å²) in [6.07, 6.45) is 7.96. The van der Waals surface area contributed by atoms with Crippen LogP contribution in [0.2, 0.25) is 0 Å². The van der Waals surface area contributed by atoms with Crippen molar-refractivity contribution < 1.29 is 9.59 Å². The molecule has 26 heavy (non-hydrogen) atoms. The molecule has 1 atom stereocenters. The number of anilines is 1. The van der Waals surface area contributed by atoms with Gasteiger partial charge < -0.3 is 9.80 Å². The molecule has 1 unspecified atom stereocenters. The van der Waals surface area contributed by atoms with E-state index in [2.05, 4.69) is 9.97 Å². The van der Waals surface area contributed by atoms with Gasteiger partial charge in [-0.3, -0.25) is 9.59 Å². The van der Waals surface area contributed by atoms with Gasteiger partial charge in [-0.2, -0.15) is 0 Å². The van der Waals surface area contributed by atoms with Gasteiger partial charge in [0.2, 0.25) is 5.91 Å². The van der Waals surface area contributed by atoms with Gasteiger partial charge in [0.1, 0.15) is 6.33 Å². The van der Waals surface area contributed by atoms with Crippen LogP contribution in [0.1, 0.15) is 36.0 Å². The van der Waals surface area contributed by atoms with E-state index in [9.17, 15) is 9.59 Å². The van der Waals surface area contributed by atoms with E-state index in [4.69, 9.17) is 0 Å². The number of aromatic nitrogens is 2. The second-order valence-corrected chi connectivity index (χ2v) is 7.13. The number of likely N-dealkylation sites (tertiary alicyclic amines) is 1. The molecular formula is C20H22N4O2. The van der Waals surface area contributed by atoms with Gasteiger partial charge in [-0.15, -0.1) is 0 Å². The molecule has 0 saturated carbocycles. The van der Waals surface area contributed by atoms with Crippen LogP contribution in [0.25, 0.3) is 0 Å². The van der Waals surface area contributed by atoms with Gasteiger partial charge in [-0.05, 0) is 37.8 Å². The second-order valence-electron chi connectivity index (χ2n) is 7.13. The molecule has 2 amide bonds. The van der Waals surface area contributed by atoms with Gasteiger partial charge in [0.15, 0.2) is 0 Å². The number of hydrogen-bond donors (Lipinski definition) is 0. The Hall–Kier alpha value is -2.76. The quantitative estimate of drug-likeness (QED) is 0.835. The Morgan fingerprint density at radius 1 is 1.00 bits per heavy atom. The predicted molar refractivity (Wildman–Crippen MR) is 97.6 cm³/mol. The lowest BCUT2D eigenvalue weighted by atomic mass is 9.72. The van der Waals surface area contributed by atoms with Crippen molar-refractivity contribution in [1.29, 1.82) is 0 Å². The average molecular weight is 350 g/mol. The monoisotopic (exact) mass is 350 g/mol. The van der Waals surface area contributed by atoms with Crippen LogP contribution in [0.4, 0.5) is 5.69 Å². The maximum absolute atomic E-state index is 13.4. The van der Waals surface area contributed by atoms with Crippen molar-refractivity contribution in [3.05, 3.63) is 54.6 Å². The van der Waals surface area contributed by atoms with E-state index >= 15 is 0 Å². The van der Waals surface area contributed by atoms with E-state index in [0.29, 0.717) is 18.7 Å². The molecule has 0 radical (unpaired) electrons. The van der Waals surface area contributed by atoms with Crippen molar-refractivity contribution in [3.8, 4) is 0 Å². The van der Waals surface area contributed by atoms with Crippen molar-refractivity contribution in [2.45, 2.75) is 25.7 Å². The maximum atomic E-state index is 13.4. The Kier molecular flexibility index (Phi) is 4.41. The number of nitrogens with zero attached hydrogens (tertiary/aromatic N) is 4. The lowest BCUT2D eigenvalue weighted by Crippen LogP contribution is -2.57. The van der Waals surface area contributed by atoms with Gasteiger partial charge in [0, 0.05) is 37.7 Å². The topological polar surface area (TPSA) is 66.4 Å². The van der Waals surface area contributed by atoms with Crippen molar-refractivity contribution in [2.24, 2.45) is 5.41 Å². The highest BCUT2D eigenvalue weighted by atomic mass is 16.2. The van der Waals surface area contributed by atoms with Crippen LogP contribution in [0.3, 0.4) is 0 Å². The van der Waals surface area contributed by atoms with Crippen molar-refractivity contribution in [3.63, 3.8) is 0 Å². The molecule has 2 fully saturated rings. The van der Waals surface area contributed by atoms with Gasteiger partial charge in [-0.1, -0.05) is 18.2 Å². The summed E-state index contributed by atoms with van der Waals surface area (Å²) in [6.45, 7) is 1.89. The fraction of sp³-hybridized carbons (Fsp3) is 0.400. The molecule has 6 nitrogen and oxygen atoms in total. The number of carbonyl (C=O) groups is 2. The van der Waals surface area contributed by atoms with E-state index in [-0.39, 0.29) is 11.8 Å². The number of para-hydroxylation sites is 1. The first-order valence-electron chi connectivity index (χ1n) is 9.11. The smallest absolute Gasteiger partial charge is 0.257 e. The predicted octanol–water partition coefficient (Wildman–Crippen LogP) is 2.53. The Balaban J connectivity index is 1.57.